The van der Waals surface area contributed by atoms with Crippen molar-refractivity contribution in [3.63, 3.8) is 0 Å². The standard InChI is InChI=1S/C27H24O9/c1-12-10-15-18(14-8-5-9-16(28)19(14)21(30)20(15)17(29)11-12)25-23(32)22(31)24(33)27(35-25)36-26(34)13-6-3-2-4-7-13/h2-11,18,22-25,27-29,31-33H,1H3/t18?,22-,23-,24-,25+,27+/m0/s1. The van der Waals surface area contributed by atoms with Crippen LogP contribution in [0.15, 0.2) is 60.7 Å². The molecular weight excluding hydrogens is 468 g/mol. The number of hydrogen-bond donors (Lipinski definition) is 5. The highest BCUT2D eigenvalue weighted by Gasteiger charge is 2.51. The minimum absolute atomic E-state index is 0.0751. The van der Waals surface area contributed by atoms with Crippen molar-refractivity contribution in [2.75, 3.05) is 0 Å². The smallest absolute Gasteiger partial charge is 0.340 e. The van der Waals surface area contributed by atoms with Gasteiger partial charge in [-0.1, -0.05) is 36.4 Å². The second kappa shape index (κ2) is 9.03. The van der Waals surface area contributed by atoms with Gasteiger partial charge in [0.25, 0.3) is 0 Å². The van der Waals surface area contributed by atoms with Crippen molar-refractivity contribution in [2.45, 2.75) is 43.5 Å². The predicted molar refractivity (Wildman–Crippen MR) is 125 cm³/mol. The molecule has 0 bridgehead atoms. The van der Waals surface area contributed by atoms with Gasteiger partial charge in [-0.05, 0) is 47.9 Å². The lowest BCUT2D eigenvalue weighted by Gasteiger charge is -2.44. The van der Waals surface area contributed by atoms with Crippen LogP contribution in [0, 0.1) is 6.92 Å². The fourth-order valence-electron chi connectivity index (χ4n) is 4.99. The van der Waals surface area contributed by atoms with Crippen LogP contribution in [-0.2, 0) is 9.47 Å². The Morgan fingerprint density at radius 1 is 0.833 bits per heavy atom. The number of benzene rings is 3. The summed E-state index contributed by atoms with van der Waals surface area (Å²) >= 11 is 0. The Bertz CT molecular complexity index is 1340. The number of aromatic hydroxyl groups is 2. The molecule has 0 amide bonds. The minimum Gasteiger partial charge on any atom is -0.507 e. The van der Waals surface area contributed by atoms with Crippen molar-refractivity contribution in [3.05, 3.63) is 94.0 Å². The van der Waals surface area contributed by atoms with E-state index in [4.69, 9.17) is 9.47 Å². The molecule has 1 saturated heterocycles. The largest absolute Gasteiger partial charge is 0.507 e. The number of ether oxygens (including phenoxy) is 2. The molecule has 1 aliphatic carbocycles. The number of aliphatic hydroxyl groups is 3. The second-order valence-corrected chi connectivity index (χ2v) is 9.01. The number of hydrogen-bond acceptors (Lipinski definition) is 9. The van der Waals surface area contributed by atoms with Gasteiger partial charge in [-0.25, -0.2) is 4.79 Å². The van der Waals surface area contributed by atoms with E-state index < -0.39 is 48.4 Å². The molecule has 0 radical (unpaired) electrons. The number of rotatable bonds is 3. The number of aliphatic hydroxyl groups excluding tert-OH is 3. The van der Waals surface area contributed by atoms with E-state index in [0.717, 1.165) is 0 Å². The van der Waals surface area contributed by atoms with E-state index >= 15 is 0 Å². The molecule has 1 unspecified atom stereocenters. The molecule has 1 fully saturated rings. The Morgan fingerprint density at radius 3 is 2.25 bits per heavy atom. The summed E-state index contributed by atoms with van der Waals surface area (Å²) in [5.41, 5.74) is 1.24. The molecule has 186 valence electrons. The summed E-state index contributed by atoms with van der Waals surface area (Å²) in [7, 11) is 0. The monoisotopic (exact) mass is 492 g/mol. The van der Waals surface area contributed by atoms with Crippen molar-refractivity contribution >= 4 is 11.8 Å². The summed E-state index contributed by atoms with van der Waals surface area (Å²) in [5.74, 6) is -3.03. The third kappa shape index (κ3) is 3.82. The number of fused-ring (bicyclic) bond motifs is 2. The first-order chi connectivity index (χ1) is 17.2. The Hall–Kier alpha value is -3.76. The lowest BCUT2D eigenvalue weighted by molar-refractivity contribution is -0.282. The summed E-state index contributed by atoms with van der Waals surface area (Å²) in [6, 6.07) is 15.4. The van der Waals surface area contributed by atoms with Crippen LogP contribution in [0.1, 0.15) is 48.9 Å². The first-order valence-electron chi connectivity index (χ1n) is 11.3. The molecule has 5 rings (SSSR count). The van der Waals surface area contributed by atoms with E-state index in [1.807, 2.05) is 0 Å². The zero-order valence-corrected chi connectivity index (χ0v) is 19.1. The van der Waals surface area contributed by atoms with E-state index in [1.54, 1.807) is 37.3 Å². The van der Waals surface area contributed by atoms with Gasteiger partial charge in [0.05, 0.1) is 16.7 Å². The van der Waals surface area contributed by atoms with Crippen molar-refractivity contribution in [1.29, 1.82) is 0 Å². The summed E-state index contributed by atoms with van der Waals surface area (Å²) < 4.78 is 11.3. The molecule has 6 atom stereocenters. The van der Waals surface area contributed by atoms with Gasteiger partial charge in [-0.15, -0.1) is 0 Å². The Labute approximate surface area is 205 Å². The van der Waals surface area contributed by atoms with Crippen LogP contribution in [-0.4, -0.2) is 68.0 Å². The third-order valence-electron chi connectivity index (χ3n) is 6.66. The summed E-state index contributed by atoms with van der Waals surface area (Å²) in [4.78, 5) is 25.9. The lowest BCUT2D eigenvalue weighted by Crippen LogP contribution is -2.60. The second-order valence-electron chi connectivity index (χ2n) is 9.01. The van der Waals surface area contributed by atoms with Gasteiger partial charge in [0, 0.05) is 5.92 Å². The van der Waals surface area contributed by atoms with Gasteiger partial charge in [0.1, 0.15) is 35.9 Å². The lowest BCUT2D eigenvalue weighted by atomic mass is 9.71. The molecule has 36 heavy (non-hydrogen) atoms. The maximum Gasteiger partial charge on any atom is 0.340 e. The van der Waals surface area contributed by atoms with Gasteiger partial charge in [-0.2, -0.15) is 0 Å². The summed E-state index contributed by atoms with van der Waals surface area (Å²) in [6.45, 7) is 1.71. The van der Waals surface area contributed by atoms with Crippen LogP contribution in [0.25, 0.3) is 0 Å². The van der Waals surface area contributed by atoms with E-state index in [2.05, 4.69) is 0 Å². The predicted octanol–water partition coefficient (Wildman–Crippen LogP) is 1.75. The number of phenols is 2. The van der Waals surface area contributed by atoms with Crippen LogP contribution in [0.2, 0.25) is 0 Å². The average molecular weight is 492 g/mol. The van der Waals surface area contributed by atoms with E-state index in [-0.39, 0.29) is 28.2 Å². The molecule has 3 aromatic rings. The number of carbonyl (C=O) groups is 2. The molecule has 2 aliphatic rings. The summed E-state index contributed by atoms with van der Waals surface area (Å²) in [5, 5.41) is 53.3. The number of carbonyl (C=O) groups excluding carboxylic acids is 2. The van der Waals surface area contributed by atoms with Gasteiger partial charge >= 0.3 is 5.97 Å². The highest BCUT2D eigenvalue weighted by Crippen LogP contribution is 2.47. The fraction of sp³-hybridized carbons (Fsp3) is 0.259. The van der Waals surface area contributed by atoms with Crippen molar-refractivity contribution < 1.29 is 44.6 Å². The molecule has 0 saturated carbocycles. The zero-order chi connectivity index (χ0) is 25.7. The van der Waals surface area contributed by atoms with E-state index in [9.17, 15) is 35.1 Å². The maximum atomic E-state index is 13.3. The number of esters is 1. The number of aryl methyl sites for hydroxylation is 1. The van der Waals surface area contributed by atoms with Crippen LogP contribution < -0.4 is 0 Å². The molecule has 0 spiro atoms. The molecular formula is C27H24O9. The number of phenolic OH excluding ortho intramolecular Hbond substituents is 2. The molecule has 3 aromatic carbocycles. The van der Waals surface area contributed by atoms with Gasteiger partial charge in [0.15, 0.2) is 0 Å². The van der Waals surface area contributed by atoms with Crippen LogP contribution in [0.3, 0.4) is 0 Å². The van der Waals surface area contributed by atoms with Gasteiger partial charge < -0.3 is 35.0 Å². The first kappa shape index (κ1) is 24.0. The highest BCUT2D eigenvalue weighted by molar-refractivity contribution is 6.16. The normalized spacial score (nSPS) is 27.2. The van der Waals surface area contributed by atoms with Crippen molar-refractivity contribution in [1.82, 2.24) is 0 Å². The van der Waals surface area contributed by atoms with E-state index in [1.165, 1.54) is 30.3 Å². The zero-order valence-electron chi connectivity index (χ0n) is 19.1. The van der Waals surface area contributed by atoms with Crippen molar-refractivity contribution in [3.8, 4) is 11.5 Å². The molecule has 0 aromatic heterocycles. The topological polar surface area (TPSA) is 154 Å². The quantitative estimate of drug-likeness (QED) is 0.344. The molecule has 9 heteroatoms. The highest BCUT2D eigenvalue weighted by atomic mass is 16.7. The SMILES string of the molecule is Cc1cc(O)c2c(c1)C([C@H]1O[C@H](OC(=O)c3ccccc3)[C@@H](O)[C@@H](O)[C@@H]1O)c1cccc(O)c1C2=O. The first-order valence-corrected chi connectivity index (χ1v) is 11.3. The van der Waals surface area contributed by atoms with Crippen LogP contribution in [0.4, 0.5) is 0 Å². The summed E-state index contributed by atoms with van der Waals surface area (Å²) in [6.07, 6.45) is -8.18. The number of ketones is 1. The minimum atomic E-state index is -1.77. The Morgan fingerprint density at radius 2 is 1.53 bits per heavy atom. The maximum absolute atomic E-state index is 13.3. The van der Waals surface area contributed by atoms with Gasteiger partial charge in [0.2, 0.25) is 12.1 Å². The molecule has 1 heterocycles. The molecule has 5 N–H and O–H groups in total. The Balaban J connectivity index is 1.60. The fourth-order valence-corrected chi connectivity index (χ4v) is 4.99. The molecule has 9 nitrogen and oxygen atoms in total. The molecule has 1 aliphatic heterocycles. The van der Waals surface area contributed by atoms with Crippen LogP contribution >= 0.6 is 0 Å². The average Bonchev–Trinajstić information content (AvgIpc) is 2.85. The van der Waals surface area contributed by atoms with Crippen molar-refractivity contribution in [2.24, 2.45) is 0 Å². The third-order valence-corrected chi connectivity index (χ3v) is 6.66. The van der Waals surface area contributed by atoms with Gasteiger partial charge in [-0.3, -0.25) is 4.79 Å². The van der Waals surface area contributed by atoms with E-state index in [0.29, 0.717) is 16.7 Å². The van der Waals surface area contributed by atoms with Crippen LogP contribution in [0.5, 0.6) is 11.5 Å². The Kier molecular flexibility index (Phi) is 6.01.